The van der Waals surface area contributed by atoms with Crippen LogP contribution in [0.2, 0.25) is 0 Å². The molecule has 5 aromatic rings. The number of pyridine rings is 1. The minimum atomic E-state index is -0.368. The molecule has 3 aromatic carbocycles. The molecule has 0 unspecified atom stereocenters. The molecule has 2 heterocycles. The van der Waals surface area contributed by atoms with E-state index in [-0.39, 0.29) is 23.7 Å². The normalized spacial score (nSPS) is 12.9. The van der Waals surface area contributed by atoms with Gasteiger partial charge in [-0.3, -0.25) is 14.6 Å². The summed E-state index contributed by atoms with van der Waals surface area (Å²) in [6, 6.07) is 21.1. The highest BCUT2D eigenvalue weighted by Gasteiger charge is 2.34. The first-order valence-corrected chi connectivity index (χ1v) is 12.8. The molecule has 0 bridgehead atoms. The summed E-state index contributed by atoms with van der Waals surface area (Å²) in [5, 5.41) is 3.33. The van der Waals surface area contributed by atoms with Gasteiger partial charge in [-0.05, 0) is 97.1 Å². The number of hydrogen-bond donors (Lipinski definition) is 1. The average molecular weight is 520 g/mol. The zero-order valence-electron chi connectivity index (χ0n) is 21.6. The van der Waals surface area contributed by atoms with E-state index in [1.165, 1.54) is 12.1 Å². The van der Waals surface area contributed by atoms with Gasteiger partial charge in [0.25, 0.3) is 11.8 Å². The molecule has 1 aliphatic rings. The van der Waals surface area contributed by atoms with Gasteiger partial charge in [-0.25, -0.2) is 4.39 Å². The van der Waals surface area contributed by atoms with E-state index in [0.29, 0.717) is 33.4 Å². The SMILES string of the molecule is CNC(=O)c1c(-c2ccc(F)cc2)oc2ccc(-c3cc(C(=O)N(c4cccnc4)C4CC4)ccc3C)cc12. The van der Waals surface area contributed by atoms with E-state index in [1.807, 2.05) is 60.4 Å². The van der Waals surface area contributed by atoms with E-state index in [9.17, 15) is 14.0 Å². The Kier molecular flexibility index (Phi) is 6.19. The quantitative estimate of drug-likeness (QED) is 0.268. The van der Waals surface area contributed by atoms with Gasteiger partial charge in [-0.15, -0.1) is 0 Å². The minimum Gasteiger partial charge on any atom is -0.455 e. The Hall–Kier alpha value is -4.78. The zero-order valence-corrected chi connectivity index (χ0v) is 21.6. The lowest BCUT2D eigenvalue weighted by molar-refractivity contribution is 0.0962. The van der Waals surface area contributed by atoms with Crippen LogP contribution >= 0.6 is 0 Å². The fourth-order valence-electron chi connectivity index (χ4n) is 4.95. The van der Waals surface area contributed by atoms with E-state index < -0.39 is 0 Å². The highest BCUT2D eigenvalue weighted by molar-refractivity contribution is 6.12. The molecule has 6 rings (SSSR count). The Labute approximate surface area is 225 Å². The zero-order chi connectivity index (χ0) is 27.1. The molecule has 1 aliphatic carbocycles. The maximum absolute atomic E-state index is 13.7. The summed E-state index contributed by atoms with van der Waals surface area (Å²) in [6.45, 7) is 1.99. The average Bonchev–Trinajstić information content (AvgIpc) is 3.72. The van der Waals surface area contributed by atoms with E-state index in [1.54, 1.807) is 31.6 Å². The number of nitrogens with one attached hydrogen (secondary N) is 1. The number of carbonyl (C=O) groups excluding carboxylic acids is 2. The molecule has 2 aromatic heterocycles. The number of aromatic nitrogens is 1. The van der Waals surface area contributed by atoms with E-state index in [4.69, 9.17) is 4.42 Å². The predicted molar refractivity (Wildman–Crippen MR) is 149 cm³/mol. The van der Waals surface area contributed by atoms with Crippen LogP contribution in [0.25, 0.3) is 33.4 Å². The fourth-order valence-corrected chi connectivity index (χ4v) is 4.95. The van der Waals surface area contributed by atoms with Crippen molar-refractivity contribution in [1.29, 1.82) is 0 Å². The molecule has 0 radical (unpaired) electrons. The molecule has 0 spiro atoms. The molecule has 0 saturated heterocycles. The van der Waals surface area contributed by atoms with E-state index in [2.05, 4.69) is 10.3 Å². The first kappa shape index (κ1) is 24.6. The Morgan fingerprint density at radius 2 is 1.77 bits per heavy atom. The third kappa shape index (κ3) is 4.56. The van der Waals surface area contributed by atoms with Gasteiger partial charge >= 0.3 is 0 Å². The van der Waals surface area contributed by atoms with Gasteiger partial charge < -0.3 is 14.6 Å². The second kappa shape index (κ2) is 9.83. The predicted octanol–water partition coefficient (Wildman–Crippen LogP) is 6.78. The maximum atomic E-state index is 13.7. The summed E-state index contributed by atoms with van der Waals surface area (Å²) in [6.07, 6.45) is 5.35. The second-order valence-electron chi connectivity index (χ2n) is 9.75. The Bertz CT molecular complexity index is 1710. The molecule has 0 aliphatic heterocycles. The number of hydrogen-bond acceptors (Lipinski definition) is 4. The second-order valence-corrected chi connectivity index (χ2v) is 9.75. The van der Waals surface area contributed by atoms with Gasteiger partial charge in [0, 0.05) is 35.8 Å². The third-order valence-electron chi connectivity index (χ3n) is 7.10. The molecular formula is C32H26FN3O3. The van der Waals surface area contributed by atoms with Crippen LogP contribution in [-0.2, 0) is 0 Å². The van der Waals surface area contributed by atoms with Crippen molar-refractivity contribution in [2.45, 2.75) is 25.8 Å². The molecule has 6 nitrogen and oxygen atoms in total. The summed E-state index contributed by atoms with van der Waals surface area (Å²) in [5.74, 6) is -0.366. The summed E-state index contributed by atoms with van der Waals surface area (Å²) >= 11 is 0. The van der Waals surface area contributed by atoms with Crippen LogP contribution in [0.15, 0.2) is 89.6 Å². The van der Waals surface area contributed by atoms with E-state index in [0.717, 1.165) is 35.2 Å². The Morgan fingerprint density at radius 1 is 1.00 bits per heavy atom. The topological polar surface area (TPSA) is 75.4 Å². The first-order valence-electron chi connectivity index (χ1n) is 12.8. The van der Waals surface area contributed by atoms with Crippen LogP contribution in [0.5, 0.6) is 0 Å². The fraction of sp³-hybridized carbons (Fsp3) is 0.156. The molecule has 1 saturated carbocycles. The minimum absolute atomic E-state index is 0.0687. The third-order valence-corrected chi connectivity index (χ3v) is 7.10. The number of aryl methyl sites for hydroxylation is 1. The number of furan rings is 1. The van der Waals surface area contributed by atoms with Crippen molar-refractivity contribution in [1.82, 2.24) is 10.3 Å². The molecule has 2 amide bonds. The molecule has 39 heavy (non-hydrogen) atoms. The van der Waals surface area contributed by atoms with Crippen LogP contribution in [0.4, 0.5) is 10.1 Å². The molecule has 1 N–H and O–H groups in total. The smallest absolute Gasteiger partial charge is 0.258 e. The van der Waals surface area contributed by atoms with Gasteiger partial charge in [0.2, 0.25) is 0 Å². The highest BCUT2D eigenvalue weighted by atomic mass is 19.1. The first-order chi connectivity index (χ1) is 18.9. The number of rotatable bonds is 6. The summed E-state index contributed by atoms with van der Waals surface area (Å²) in [4.78, 5) is 32.7. The molecule has 1 fully saturated rings. The van der Waals surface area contributed by atoms with Crippen molar-refractivity contribution in [3.63, 3.8) is 0 Å². The number of benzene rings is 3. The van der Waals surface area contributed by atoms with E-state index >= 15 is 0 Å². The van der Waals surface area contributed by atoms with Crippen molar-refractivity contribution in [3.8, 4) is 22.5 Å². The summed E-state index contributed by atoms with van der Waals surface area (Å²) < 4.78 is 19.6. The number of nitrogens with zero attached hydrogens (tertiary/aromatic N) is 2. The lowest BCUT2D eigenvalue weighted by atomic mass is 9.95. The van der Waals surface area contributed by atoms with Crippen LogP contribution in [0, 0.1) is 12.7 Å². The van der Waals surface area contributed by atoms with Crippen LogP contribution in [0.1, 0.15) is 39.1 Å². The summed E-state index contributed by atoms with van der Waals surface area (Å²) in [7, 11) is 1.56. The van der Waals surface area contributed by atoms with Crippen LogP contribution in [0.3, 0.4) is 0 Å². The Morgan fingerprint density at radius 3 is 2.46 bits per heavy atom. The molecule has 0 atom stereocenters. The van der Waals surface area contributed by atoms with Crippen molar-refractivity contribution in [2.75, 3.05) is 11.9 Å². The molecule has 194 valence electrons. The highest BCUT2D eigenvalue weighted by Crippen LogP contribution is 2.38. The van der Waals surface area contributed by atoms with Gasteiger partial charge in [-0.2, -0.15) is 0 Å². The monoisotopic (exact) mass is 519 g/mol. The number of anilines is 1. The van der Waals surface area contributed by atoms with Crippen LogP contribution in [-0.4, -0.2) is 29.9 Å². The van der Waals surface area contributed by atoms with Crippen molar-refractivity contribution < 1.29 is 18.4 Å². The number of fused-ring (bicyclic) bond motifs is 1. The van der Waals surface area contributed by atoms with Gasteiger partial charge in [-0.1, -0.05) is 12.1 Å². The van der Waals surface area contributed by atoms with Gasteiger partial charge in [0.1, 0.15) is 17.2 Å². The van der Waals surface area contributed by atoms with Gasteiger partial charge in [0.05, 0.1) is 17.4 Å². The van der Waals surface area contributed by atoms with Crippen LogP contribution < -0.4 is 10.2 Å². The lowest BCUT2D eigenvalue weighted by Crippen LogP contribution is -2.33. The summed E-state index contributed by atoms with van der Waals surface area (Å²) in [5.41, 5.74) is 5.62. The number of amides is 2. The van der Waals surface area contributed by atoms with Crippen molar-refractivity contribution in [3.05, 3.63) is 108 Å². The Balaban J connectivity index is 1.44. The standard InChI is InChI=1S/C32H26FN3O3/c1-19-5-6-22(32(38)36(24-12-13-24)25-4-3-15-35-18-25)17-26(19)21-9-14-28-27(16-21)29(31(37)34-2)30(39-28)20-7-10-23(33)11-8-20/h3-11,14-18,24H,12-13H2,1-2H3,(H,34,37). The lowest BCUT2D eigenvalue weighted by Gasteiger charge is -2.23. The number of carbonyl (C=O) groups is 2. The maximum Gasteiger partial charge on any atom is 0.258 e. The molecular weight excluding hydrogens is 493 g/mol. The van der Waals surface area contributed by atoms with Crippen molar-refractivity contribution in [2.24, 2.45) is 0 Å². The molecule has 7 heteroatoms. The largest absolute Gasteiger partial charge is 0.455 e. The number of halogens is 1. The van der Waals surface area contributed by atoms with Gasteiger partial charge in [0.15, 0.2) is 0 Å². The van der Waals surface area contributed by atoms with Crippen molar-refractivity contribution >= 4 is 28.5 Å².